The van der Waals surface area contributed by atoms with E-state index in [-0.39, 0.29) is 11.9 Å². The quantitative estimate of drug-likeness (QED) is 0.902. The van der Waals surface area contributed by atoms with E-state index in [9.17, 15) is 4.79 Å². The van der Waals surface area contributed by atoms with Gasteiger partial charge in [0.05, 0.1) is 0 Å². The van der Waals surface area contributed by atoms with E-state index in [4.69, 9.17) is 5.73 Å². The van der Waals surface area contributed by atoms with Crippen LogP contribution in [0.15, 0.2) is 24.3 Å². The standard InChI is InChI=1S/C18H28N2O/c1-3-4-15-7-10-18(21)20(12-11-15)13-17(19)16-8-5-14(2)6-9-16/h5-6,8-9,15,17H,3-4,7,10-13,19H2,1-2H3. The van der Waals surface area contributed by atoms with Gasteiger partial charge in [-0.3, -0.25) is 4.79 Å². The molecule has 0 radical (unpaired) electrons. The number of likely N-dealkylation sites (tertiary alicyclic amines) is 1. The third kappa shape index (κ3) is 4.57. The van der Waals surface area contributed by atoms with Gasteiger partial charge in [-0.15, -0.1) is 0 Å². The summed E-state index contributed by atoms with van der Waals surface area (Å²) < 4.78 is 0. The van der Waals surface area contributed by atoms with Crippen molar-refractivity contribution < 1.29 is 4.79 Å². The molecule has 1 saturated heterocycles. The molecule has 1 amide bonds. The van der Waals surface area contributed by atoms with Gasteiger partial charge in [0.25, 0.3) is 0 Å². The van der Waals surface area contributed by atoms with Crippen molar-refractivity contribution >= 4 is 5.91 Å². The second-order valence-electron chi connectivity index (χ2n) is 6.34. The van der Waals surface area contributed by atoms with Crippen LogP contribution in [-0.2, 0) is 4.79 Å². The summed E-state index contributed by atoms with van der Waals surface area (Å²) in [5.74, 6) is 0.982. The van der Waals surface area contributed by atoms with Crippen LogP contribution >= 0.6 is 0 Å². The molecule has 1 fully saturated rings. The Labute approximate surface area is 128 Å². The maximum Gasteiger partial charge on any atom is 0.222 e. The summed E-state index contributed by atoms with van der Waals surface area (Å²) in [5, 5.41) is 0. The fraction of sp³-hybridized carbons (Fsp3) is 0.611. The lowest BCUT2D eigenvalue weighted by molar-refractivity contribution is -0.130. The van der Waals surface area contributed by atoms with Crippen molar-refractivity contribution in [2.45, 2.75) is 52.0 Å². The van der Waals surface area contributed by atoms with Gasteiger partial charge in [-0.2, -0.15) is 0 Å². The van der Waals surface area contributed by atoms with E-state index in [1.54, 1.807) is 0 Å². The second-order valence-corrected chi connectivity index (χ2v) is 6.34. The second kappa shape index (κ2) is 7.60. The lowest BCUT2D eigenvalue weighted by atomic mass is 9.96. The zero-order chi connectivity index (χ0) is 15.2. The molecule has 1 aromatic rings. The molecule has 2 unspecified atom stereocenters. The number of hydrogen-bond donors (Lipinski definition) is 1. The highest BCUT2D eigenvalue weighted by atomic mass is 16.2. The Kier molecular flexibility index (Phi) is 5.80. The van der Waals surface area contributed by atoms with E-state index in [0.29, 0.717) is 18.9 Å². The first-order valence-corrected chi connectivity index (χ1v) is 8.20. The normalized spacial score (nSPS) is 21.2. The molecule has 0 aromatic heterocycles. The van der Waals surface area contributed by atoms with Crippen LogP contribution in [0.3, 0.4) is 0 Å². The van der Waals surface area contributed by atoms with Gasteiger partial charge in [0.2, 0.25) is 5.91 Å². The number of nitrogens with two attached hydrogens (primary N) is 1. The molecule has 0 spiro atoms. The van der Waals surface area contributed by atoms with E-state index >= 15 is 0 Å². The van der Waals surface area contributed by atoms with Crippen LogP contribution in [0.4, 0.5) is 0 Å². The predicted molar refractivity (Wildman–Crippen MR) is 86.9 cm³/mol. The Bertz CT molecular complexity index is 455. The van der Waals surface area contributed by atoms with Crippen molar-refractivity contribution in [1.82, 2.24) is 4.90 Å². The molecule has 1 aliphatic heterocycles. The van der Waals surface area contributed by atoms with Crippen LogP contribution < -0.4 is 5.73 Å². The van der Waals surface area contributed by atoms with Gasteiger partial charge >= 0.3 is 0 Å². The molecular formula is C18H28N2O. The highest BCUT2D eigenvalue weighted by molar-refractivity contribution is 5.76. The zero-order valence-electron chi connectivity index (χ0n) is 13.3. The van der Waals surface area contributed by atoms with Crippen molar-refractivity contribution in [1.29, 1.82) is 0 Å². The number of benzene rings is 1. The number of amides is 1. The Morgan fingerprint density at radius 3 is 2.67 bits per heavy atom. The number of nitrogens with zero attached hydrogens (tertiary/aromatic N) is 1. The molecule has 21 heavy (non-hydrogen) atoms. The summed E-state index contributed by atoms with van der Waals surface area (Å²) in [6.07, 6.45) is 5.31. The first kappa shape index (κ1) is 16.0. The Balaban J connectivity index is 1.94. The zero-order valence-corrected chi connectivity index (χ0v) is 13.3. The number of rotatable bonds is 5. The van der Waals surface area contributed by atoms with Gasteiger partial charge in [0.1, 0.15) is 0 Å². The SMILES string of the molecule is CCCC1CCC(=O)N(CC(N)c2ccc(C)cc2)CC1. The molecule has 1 aliphatic rings. The van der Waals surface area contributed by atoms with Gasteiger partial charge < -0.3 is 10.6 Å². The number of carbonyl (C=O) groups is 1. The Morgan fingerprint density at radius 1 is 1.29 bits per heavy atom. The average Bonchev–Trinajstić information content (AvgIpc) is 2.64. The molecule has 1 heterocycles. The molecule has 3 heteroatoms. The van der Waals surface area contributed by atoms with Crippen LogP contribution in [0.25, 0.3) is 0 Å². The van der Waals surface area contributed by atoms with Gasteiger partial charge in [-0.25, -0.2) is 0 Å². The van der Waals surface area contributed by atoms with Crippen molar-refractivity contribution in [3.8, 4) is 0 Å². The fourth-order valence-electron chi connectivity index (χ4n) is 3.14. The van der Waals surface area contributed by atoms with Crippen molar-refractivity contribution in [2.24, 2.45) is 11.7 Å². The summed E-state index contributed by atoms with van der Waals surface area (Å²) in [7, 11) is 0. The van der Waals surface area contributed by atoms with Crippen LogP contribution in [0.5, 0.6) is 0 Å². The van der Waals surface area contributed by atoms with Crippen LogP contribution in [-0.4, -0.2) is 23.9 Å². The minimum absolute atomic E-state index is 0.0859. The van der Waals surface area contributed by atoms with Crippen molar-refractivity contribution in [3.05, 3.63) is 35.4 Å². The van der Waals surface area contributed by atoms with E-state index in [1.807, 2.05) is 4.90 Å². The number of aryl methyl sites for hydroxylation is 1. The topological polar surface area (TPSA) is 46.3 Å². The summed E-state index contributed by atoms with van der Waals surface area (Å²) in [6, 6.07) is 8.22. The van der Waals surface area contributed by atoms with E-state index < -0.39 is 0 Å². The molecule has 2 atom stereocenters. The number of carbonyl (C=O) groups excluding carboxylic acids is 1. The third-order valence-corrected chi connectivity index (χ3v) is 4.55. The summed E-state index contributed by atoms with van der Waals surface area (Å²) in [5.41, 5.74) is 8.64. The van der Waals surface area contributed by atoms with Gasteiger partial charge in [0, 0.05) is 25.6 Å². The first-order valence-electron chi connectivity index (χ1n) is 8.20. The highest BCUT2D eigenvalue weighted by Gasteiger charge is 2.23. The van der Waals surface area contributed by atoms with Gasteiger partial charge in [0.15, 0.2) is 0 Å². The smallest absolute Gasteiger partial charge is 0.222 e. The Hall–Kier alpha value is -1.35. The molecular weight excluding hydrogens is 260 g/mol. The molecule has 116 valence electrons. The van der Waals surface area contributed by atoms with Crippen molar-refractivity contribution in [3.63, 3.8) is 0 Å². The Morgan fingerprint density at radius 2 is 2.00 bits per heavy atom. The highest BCUT2D eigenvalue weighted by Crippen LogP contribution is 2.24. The largest absolute Gasteiger partial charge is 0.341 e. The van der Waals surface area contributed by atoms with Crippen LogP contribution in [0.2, 0.25) is 0 Å². The lowest BCUT2D eigenvalue weighted by Crippen LogP contribution is -2.36. The van der Waals surface area contributed by atoms with Gasteiger partial charge in [-0.1, -0.05) is 49.6 Å². The molecule has 2 rings (SSSR count). The van der Waals surface area contributed by atoms with Crippen LogP contribution in [0.1, 0.15) is 56.2 Å². The van der Waals surface area contributed by atoms with E-state index in [2.05, 4.69) is 38.1 Å². The fourth-order valence-corrected chi connectivity index (χ4v) is 3.14. The van der Waals surface area contributed by atoms with Gasteiger partial charge in [-0.05, 0) is 31.2 Å². The predicted octanol–water partition coefficient (Wildman–Crippen LogP) is 3.42. The molecule has 0 saturated carbocycles. The average molecular weight is 288 g/mol. The maximum atomic E-state index is 12.3. The monoisotopic (exact) mass is 288 g/mol. The van der Waals surface area contributed by atoms with E-state index in [1.165, 1.54) is 18.4 Å². The maximum absolute atomic E-state index is 12.3. The summed E-state index contributed by atoms with van der Waals surface area (Å²) in [6.45, 7) is 5.79. The van der Waals surface area contributed by atoms with Crippen molar-refractivity contribution in [2.75, 3.05) is 13.1 Å². The van der Waals surface area contributed by atoms with E-state index in [0.717, 1.165) is 24.9 Å². The first-order chi connectivity index (χ1) is 10.1. The minimum Gasteiger partial charge on any atom is -0.341 e. The minimum atomic E-state index is -0.0859. The summed E-state index contributed by atoms with van der Waals surface area (Å²) >= 11 is 0. The van der Waals surface area contributed by atoms with Crippen LogP contribution in [0, 0.1) is 12.8 Å². The molecule has 0 bridgehead atoms. The third-order valence-electron chi connectivity index (χ3n) is 4.55. The molecule has 1 aromatic carbocycles. The summed E-state index contributed by atoms with van der Waals surface area (Å²) in [4.78, 5) is 14.2. The molecule has 3 nitrogen and oxygen atoms in total. The lowest BCUT2D eigenvalue weighted by Gasteiger charge is -2.25. The molecule has 2 N–H and O–H groups in total. The molecule has 0 aliphatic carbocycles. The number of hydrogen-bond acceptors (Lipinski definition) is 2.